The summed E-state index contributed by atoms with van der Waals surface area (Å²) >= 11 is 1.55. The summed E-state index contributed by atoms with van der Waals surface area (Å²) in [5, 5.41) is 16.3. The van der Waals surface area contributed by atoms with E-state index in [9.17, 15) is 4.79 Å². The fraction of sp³-hybridized carbons (Fsp3) is 0.214. The van der Waals surface area contributed by atoms with Crippen LogP contribution in [0.2, 0.25) is 0 Å². The maximum atomic E-state index is 11.8. The predicted octanol–water partition coefficient (Wildman–Crippen LogP) is 1.14. The van der Waals surface area contributed by atoms with Gasteiger partial charge in [0, 0.05) is 23.9 Å². The van der Waals surface area contributed by atoms with Crippen LogP contribution in [0.15, 0.2) is 40.3 Å². The molecule has 7 heteroatoms. The SMILES string of the molecule is NC(=NO)c1ccc(CC(=O)NCCc2cscn2)cc1. The molecule has 0 atom stereocenters. The third-order valence-electron chi connectivity index (χ3n) is 2.91. The van der Waals surface area contributed by atoms with E-state index >= 15 is 0 Å². The quantitative estimate of drug-likeness (QED) is 0.322. The van der Waals surface area contributed by atoms with Crippen LogP contribution in [0.5, 0.6) is 0 Å². The van der Waals surface area contributed by atoms with Gasteiger partial charge >= 0.3 is 0 Å². The van der Waals surface area contributed by atoms with Gasteiger partial charge in [-0.1, -0.05) is 29.4 Å². The van der Waals surface area contributed by atoms with Crippen molar-refractivity contribution >= 4 is 23.1 Å². The van der Waals surface area contributed by atoms with E-state index in [1.165, 1.54) is 0 Å². The number of oxime groups is 1. The molecule has 0 saturated heterocycles. The number of carbonyl (C=O) groups is 1. The van der Waals surface area contributed by atoms with E-state index in [-0.39, 0.29) is 11.7 Å². The van der Waals surface area contributed by atoms with E-state index in [0.717, 1.165) is 17.7 Å². The molecule has 0 bridgehead atoms. The molecule has 0 radical (unpaired) electrons. The number of nitrogens with two attached hydrogens (primary N) is 1. The second-order valence-corrected chi connectivity index (χ2v) is 5.16. The van der Waals surface area contributed by atoms with Crippen LogP contribution in [0.1, 0.15) is 16.8 Å². The van der Waals surface area contributed by atoms with Crippen LogP contribution < -0.4 is 11.1 Å². The van der Waals surface area contributed by atoms with Crippen molar-refractivity contribution in [2.75, 3.05) is 6.54 Å². The Hall–Kier alpha value is -2.41. The van der Waals surface area contributed by atoms with Gasteiger partial charge in [-0.15, -0.1) is 11.3 Å². The zero-order valence-electron chi connectivity index (χ0n) is 11.3. The van der Waals surface area contributed by atoms with Crippen LogP contribution in [-0.4, -0.2) is 28.5 Å². The first-order valence-corrected chi connectivity index (χ1v) is 7.34. The molecule has 1 amide bonds. The molecule has 0 fully saturated rings. The van der Waals surface area contributed by atoms with Gasteiger partial charge in [0.05, 0.1) is 17.6 Å². The molecule has 1 heterocycles. The number of nitrogens with one attached hydrogen (secondary N) is 1. The number of carbonyl (C=O) groups excluding carboxylic acids is 1. The van der Waals surface area contributed by atoms with Crippen molar-refractivity contribution in [3.05, 3.63) is 52.0 Å². The molecule has 0 aliphatic heterocycles. The van der Waals surface area contributed by atoms with E-state index in [4.69, 9.17) is 10.9 Å². The highest BCUT2D eigenvalue weighted by Gasteiger charge is 2.05. The number of rotatable bonds is 6. The van der Waals surface area contributed by atoms with Crippen LogP contribution in [0.25, 0.3) is 0 Å². The van der Waals surface area contributed by atoms with Gasteiger partial charge in [-0.25, -0.2) is 4.98 Å². The average Bonchev–Trinajstić information content (AvgIpc) is 3.00. The Bertz CT molecular complexity index is 608. The molecule has 4 N–H and O–H groups in total. The minimum absolute atomic E-state index is 0.0400. The molecule has 0 aliphatic rings. The van der Waals surface area contributed by atoms with Gasteiger partial charge in [-0.3, -0.25) is 4.79 Å². The van der Waals surface area contributed by atoms with Crippen molar-refractivity contribution in [1.29, 1.82) is 0 Å². The molecule has 1 aromatic carbocycles. The summed E-state index contributed by atoms with van der Waals surface area (Å²) in [6.45, 7) is 0.574. The predicted molar refractivity (Wildman–Crippen MR) is 81.5 cm³/mol. The minimum atomic E-state index is -0.0400. The Kier molecular flexibility index (Phi) is 5.28. The number of amides is 1. The van der Waals surface area contributed by atoms with Crippen LogP contribution in [0.4, 0.5) is 0 Å². The second-order valence-electron chi connectivity index (χ2n) is 4.44. The lowest BCUT2D eigenvalue weighted by Gasteiger charge is -2.05. The fourth-order valence-corrected chi connectivity index (χ4v) is 2.38. The van der Waals surface area contributed by atoms with Crippen LogP contribution in [0, 0.1) is 0 Å². The van der Waals surface area contributed by atoms with Gasteiger partial charge in [-0.05, 0) is 5.56 Å². The molecule has 2 rings (SSSR count). The molecule has 21 heavy (non-hydrogen) atoms. The van der Waals surface area contributed by atoms with Crippen LogP contribution in [0.3, 0.4) is 0 Å². The van der Waals surface area contributed by atoms with Gasteiger partial charge < -0.3 is 16.3 Å². The number of aromatic nitrogens is 1. The van der Waals surface area contributed by atoms with E-state index in [2.05, 4.69) is 15.5 Å². The summed E-state index contributed by atoms with van der Waals surface area (Å²) in [5.74, 6) is 0.0102. The lowest BCUT2D eigenvalue weighted by molar-refractivity contribution is -0.120. The topological polar surface area (TPSA) is 101 Å². The largest absolute Gasteiger partial charge is 0.409 e. The average molecular weight is 304 g/mol. The second kappa shape index (κ2) is 7.39. The molecule has 1 aromatic heterocycles. The van der Waals surface area contributed by atoms with Crippen LogP contribution >= 0.6 is 11.3 Å². The summed E-state index contributed by atoms with van der Waals surface area (Å²) in [6, 6.07) is 7.00. The molecule has 6 nitrogen and oxygen atoms in total. The Morgan fingerprint density at radius 1 is 1.38 bits per heavy atom. The highest BCUT2D eigenvalue weighted by Crippen LogP contribution is 2.05. The summed E-state index contributed by atoms with van der Waals surface area (Å²) in [7, 11) is 0. The maximum Gasteiger partial charge on any atom is 0.224 e. The summed E-state index contributed by atoms with van der Waals surface area (Å²) in [4.78, 5) is 16.0. The maximum absolute atomic E-state index is 11.8. The van der Waals surface area contributed by atoms with Crippen molar-refractivity contribution in [2.45, 2.75) is 12.8 Å². The summed E-state index contributed by atoms with van der Waals surface area (Å²) in [5.41, 5.74) is 9.73. The number of amidine groups is 1. The molecular formula is C14H16N4O2S. The zero-order chi connectivity index (χ0) is 15.1. The molecule has 0 unspecified atom stereocenters. The molecule has 0 spiro atoms. The van der Waals surface area contributed by atoms with Gasteiger partial charge in [0.2, 0.25) is 5.91 Å². The lowest BCUT2D eigenvalue weighted by atomic mass is 10.1. The smallest absolute Gasteiger partial charge is 0.224 e. The van der Waals surface area contributed by atoms with E-state index in [0.29, 0.717) is 18.5 Å². The van der Waals surface area contributed by atoms with E-state index in [1.54, 1.807) is 41.1 Å². The molecule has 110 valence electrons. The first kappa shape index (κ1) is 15.0. The standard InChI is InChI=1S/C14H16N4O2S/c15-14(18-20)11-3-1-10(2-4-11)7-13(19)16-6-5-12-8-21-9-17-12/h1-4,8-9,20H,5-7H2,(H2,15,18)(H,16,19). The van der Waals surface area contributed by atoms with E-state index < -0.39 is 0 Å². The van der Waals surface area contributed by atoms with Gasteiger partial charge in [0.1, 0.15) is 0 Å². The fourth-order valence-electron chi connectivity index (χ4n) is 1.79. The Morgan fingerprint density at radius 2 is 2.14 bits per heavy atom. The number of thiazole rings is 1. The van der Waals surface area contributed by atoms with Crippen molar-refractivity contribution in [1.82, 2.24) is 10.3 Å². The lowest BCUT2D eigenvalue weighted by Crippen LogP contribution is -2.27. The number of nitrogens with zero attached hydrogens (tertiary/aromatic N) is 2. The van der Waals surface area contributed by atoms with Crippen molar-refractivity contribution < 1.29 is 10.0 Å². The number of hydrogen-bond acceptors (Lipinski definition) is 5. The third kappa shape index (κ3) is 4.57. The first-order valence-electron chi connectivity index (χ1n) is 6.39. The normalized spacial score (nSPS) is 11.3. The third-order valence-corrected chi connectivity index (χ3v) is 3.54. The first-order chi connectivity index (χ1) is 10.2. The molecule has 2 aromatic rings. The Morgan fingerprint density at radius 3 is 2.76 bits per heavy atom. The van der Waals surface area contributed by atoms with Crippen molar-refractivity contribution in [3.8, 4) is 0 Å². The minimum Gasteiger partial charge on any atom is -0.409 e. The molecule has 0 aliphatic carbocycles. The van der Waals surface area contributed by atoms with Crippen molar-refractivity contribution in [3.63, 3.8) is 0 Å². The Labute approximate surface area is 126 Å². The number of hydrogen-bond donors (Lipinski definition) is 3. The molecular weight excluding hydrogens is 288 g/mol. The number of benzene rings is 1. The van der Waals surface area contributed by atoms with E-state index in [1.807, 2.05) is 5.38 Å². The summed E-state index contributed by atoms with van der Waals surface area (Å²) in [6.07, 6.45) is 1.03. The Balaban J connectivity index is 1.79. The van der Waals surface area contributed by atoms with Crippen LogP contribution in [-0.2, 0) is 17.6 Å². The highest BCUT2D eigenvalue weighted by atomic mass is 32.1. The summed E-state index contributed by atoms with van der Waals surface area (Å²) < 4.78 is 0. The monoisotopic (exact) mass is 304 g/mol. The zero-order valence-corrected chi connectivity index (χ0v) is 12.1. The van der Waals surface area contributed by atoms with Crippen molar-refractivity contribution in [2.24, 2.45) is 10.9 Å². The molecule has 0 saturated carbocycles. The van der Waals surface area contributed by atoms with Gasteiger partial charge in [0.15, 0.2) is 5.84 Å². The van der Waals surface area contributed by atoms with Gasteiger partial charge in [-0.2, -0.15) is 0 Å². The van der Waals surface area contributed by atoms with Gasteiger partial charge in [0.25, 0.3) is 0 Å². The highest BCUT2D eigenvalue weighted by molar-refractivity contribution is 7.07.